The number of aromatic nitrogens is 4. The molecule has 0 aliphatic carbocycles. The summed E-state index contributed by atoms with van der Waals surface area (Å²) in [5.74, 6) is 0.307. The van der Waals surface area contributed by atoms with E-state index in [0.717, 1.165) is 16.0 Å². The molecule has 0 saturated carbocycles. The van der Waals surface area contributed by atoms with E-state index in [9.17, 15) is 8.78 Å². The SMILES string of the molecule is Cc1cc(C)n(Cc2nccn2C(F)F)n1. The minimum absolute atomic E-state index is 0.261. The van der Waals surface area contributed by atoms with E-state index in [2.05, 4.69) is 10.1 Å². The average Bonchev–Trinajstić information content (AvgIpc) is 2.75. The summed E-state index contributed by atoms with van der Waals surface area (Å²) < 4.78 is 27.6. The maximum atomic E-state index is 12.6. The molecule has 86 valence electrons. The molecule has 0 fully saturated rings. The molecule has 0 aliphatic heterocycles. The van der Waals surface area contributed by atoms with Crippen molar-refractivity contribution >= 4 is 0 Å². The number of halogens is 2. The van der Waals surface area contributed by atoms with Gasteiger partial charge in [-0.3, -0.25) is 9.25 Å². The summed E-state index contributed by atoms with van der Waals surface area (Å²) >= 11 is 0. The molecule has 16 heavy (non-hydrogen) atoms. The third-order valence-electron chi connectivity index (χ3n) is 2.35. The zero-order valence-electron chi connectivity index (χ0n) is 9.06. The van der Waals surface area contributed by atoms with Crippen molar-refractivity contribution in [3.63, 3.8) is 0 Å². The fourth-order valence-electron chi connectivity index (χ4n) is 1.61. The normalized spacial score (nSPS) is 11.3. The molecule has 2 rings (SSSR count). The fourth-order valence-corrected chi connectivity index (χ4v) is 1.61. The van der Waals surface area contributed by atoms with Crippen LogP contribution >= 0.6 is 0 Å². The van der Waals surface area contributed by atoms with Crippen LogP contribution < -0.4 is 0 Å². The van der Waals surface area contributed by atoms with Crippen LogP contribution in [0.15, 0.2) is 18.5 Å². The van der Waals surface area contributed by atoms with Crippen molar-refractivity contribution < 1.29 is 8.78 Å². The van der Waals surface area contributed by atoms with Crippen LogP contribution in [0.3, 0.4) is 0 Å². The van der Waals surface area contributed by atoms with Crippen molar-refractivity contribution in [2.24, 2.45) is 0 Å². The van der Waals surface area contributed by atoms with E-state index in [0.29, 0.717) is 5.82 Å². The lowest BCUT2D eigenvalue weighted by molar-refractivity contribution is 0.0665. The van der Waals surface area contributed by atoms with Gasteiger partial charge in [-0.2, -0.15) is 13.9 Å². The second-order valence-electron chi connectivity index (χ2n) is 3.61. The first-order valence-electron chi connectivity index (χ1n) is 4.89. The lowest BCUT2D eigenvalue weighted by Crippen LogP contribution is -2.11. The quantitative estimate of drug-likeness (QED) is 0.803. The van der Waals surface area contributed by atoms with E-state index in [1.807, 2.05) is 19.9 Å². The van der Waals surface area contributed by atoms with E-state index in [-0.39, 0.29) is 6.54 Å². The fraction of sp³-hybridized carbons (Fsp3) is 0.400. The lowest BCUT2D eigenvalue weighted by Gasteiger charge is -2.07. The minimum Gasteiger partial charge on any atom is -0.276 e. The Hall–Kier alpha value is -1.72. The maximum Gasteiger partial charge on any atom is 0.319 e. The van der Waals surface area contributed by atoms with Crippen molar-refractivity contribution in [1.29, 1.82) is 0 Å². The topological polar surface area (TPSA) is 35.6 Å². The third kappa shape index (κ3) is 1.95. The van der Waals surface area contributed by atoms with Crippen molar-refractivity contribution in [2.45, 2.75) is 26.9 Å². The highest BCUT2D eigenvalue weighted by molar-refractivity contribution is 5.08. The molecule has 0 amide bonds. The molecule has 0 aromatic carbocycles. The molecule has 2 heterocycles. The van der Waals surface area contributed by atoms with Crippen LogP contribution in [0, 0.1) is 13.8 Å². The zero-order valence-corrected chi connectivity index (χ0v) is 9.06. The number of alkyl halides is 2. The highest BCUT2D eigenvalue weighted by atomic mass is 19.3. The van der Waals surface area contributed by atoms with Crippen LogP contribution in [0.1, 0.15) is 23.8 Å². The Morgan fingerprint density at radius 3 is 2.69 bits per heavy atom. The van der Waals surface area contributed by atoms with Crippen LogP contribution in [-0.4, -0.2) is 19.3 Å². The summed E-state index contributed by atoms with van der Waals surface area (Å²) in [7, 11) is 0. The molecule has 0 aliphatic rings. The van der Waals surface area contributed by atoms with Crippen molar-refractivity contribution in [3.8, 4) is 0 Å². The summed E-state index contributed by atoms with van der Waals surface area (Å²) in [6.07, 6.45) is 2.64. The summed E-state index contributed by atoms with van der Waals surface area (Å²) in [5, 5.41) is 4.20. The molecule has 2 aromatic rings. The Morgan fingerprint density at radius 2 is 2.12 bits per heavy atom. The van der Waals surface area contributed by atoms with Crippen LogP contribution in [-0.2, 0) is 6.54 Å². The molecule has 0 saturated heterocycles. The molecular weight excluding hydrogens is 214 g/mol. The van der Waals surface area contributed by atoms with E-state index >= 15 is 0 Å². The number of nitrogens with zero attached hydrogens (tertiary/aromatic N) is 4. The van der Waals surface area contributed by atoms with Crippen LogP contribution in [0.25, 0.3) is 0 Å². The molecule has 4 nitrogen and oxygen atoms in total. The van der Waals surface area contributed by atoms with Gasteiger partial charge in [-0.05, 0) is 19.9 Å². The molecule has 2 aromatic heterocycles. The molecule has 6 heteroatoms. The van der Waals surface area contributed by atoms with Crippen molar-refractivity contribution in [3.05, 3.63) is 35.7 Å². The largest absolute Gasteiger partial charge is 0.319 e. The van der Waals surface area contributed by atoms with Gasteiger partial charge in [0.15, 0.2) is 0 Å². The van der Waals surface area contributed by atoms with Gasteiger partial charge >= 0.3 is 6.55 Å². The first-order valence-corrected chi connectivity index (χ1v) is 4.89. The Morgan fingerprint density at radius 1 is 1.38 bits per heavy atom. The zero-order chi connectivity index (χ0) is 11.7. The van der Waals surface area contributed by atoms with Gasteiger partial charge < -0.3 is 0 Å². The Balaban J connectivity index is 2.27. The summed E-state index contributed by atoms with van der Waals surface area (Å²) in [6, 6.07) is 1.90. The number of hydrogen-bond donors (Lipinski definition) is 0. The van der Waals surface area contributed by atoms with Gasteiger partial charge in [-0.15, -0.1) is 0 Å². The monoisotopic (exact) mass is 226 g/mol. The summed E-state index contributed by atoms with van der Waals surface area (Å²) in [5.41, 5.74) is 1.80. The van der Waals surface area contributed by atoms with Crippen molar-refractivity contribution in [2.75, 3.05) is 0 Å². The van der Waals surface area contributed by atoms with Crippen LogP contribution in [0.2, 0.25) is 0 Å². The predicted octanol–water partition coefficient (Wildman–Crippen LogP) is 2.14. The first-order chi connectivity index (χ1) is 7.58. The van der Waals surface area contributed by atoms with Gasteiger partial charge in [0.1, 0.15) is 5.82 Å². The standard InChI is InChI=1S/C10H12F2N4/c1-7-5-8(2)16(14-7)6-9-13-3-4-15(9)10(11)12/h3-5,10H,6H2,1-2H3. The smallest absolute Gasteiger partial charge is 0.276 e. The highest BCUT2D eigenvalue weighted by Gasteiger charge is 2.12. The van der Waals surface area contributed by atoms with Gasteiger partial charge in [0.05, 0.1) is 12.2 Å². The minimum atomic E-state index is -2.56. The molecule has 0 spiro atoms. The molecule has 0 bridgehead atoms. The first kappa shape index (κ1) is 10.8. The average molecular weight is 226 g/mol. The predicted molar refractivity (Wildman–Crippen MR) is 54.3 cm³/mol. The summed E-state index contributed by atoms with van der Waals surface area (Å²) in [4.78, 5) is 3.91. The maximum absolute atomic E-state index is 12.6. The van der Waals surface area contributed by atoms with E-state index in [1.54, 1.807) is 4.68 Å². The molecular formula is C10H12F2N4. The number of rotatable bonds is 3. The second kappa shape index (κ2) is 4.03. The summed E-state index contributed by atoms with van der Waals surface area (Å²) in [6.45, 7) is 1.45. The van der Waals surface area contributed by atoms with Gasteiger partial charge in [0.2, 0.25) is 0 Å². The molecule has 0 radical (unpaired) electrons. The van der Waals surface area contributed by atoms with Crippen LogP contribution in [0.5, 0.6) is 0 Å². The molecule has 0 N–H and O–H groups in total. The number of imidazole rings is 1. The van der Waals surface area contributed by atoms with Gasteiger partial charge in [-0.1, -0.05) is 0 Å². The van der Waals surface area contributed by atoms with E-state index in [1.165, 1.54) is 12.4 Å². The van der Waals surface area contributed by atoms with Gasteiger partial charge in [0.25, 0.3) is 0 Å². The lowest BCUT2D eigenvalue weighted by atomic mass is 10.4. The van der Waals surface area contributed by atoms with Crippen molar-refractivity contribution in [1.82, 2.24) is 19.3 Å². The van der Waals surface area contributed by atoms with E-state index < -0.39 is 6.55 Å². The Labute approximate surface area is 91.5 Å². The molecule has 0 atom stereocenters. The third-order valence-corrected chi connectivity index (χ3v) is 2.35. The number of hydrogen-bond acceptors (Lipinski definition) is 2. The van der Waals surface area contributed by atoms with Crippen LogP contribution in [0.4, 0.5) is 8.78 Å². The van der Waals surface area contributed by atoms with Gasteiger partial charge in [-0.25, -0.2) is 4.98 Å². The molecule has 0 unspecified atom stereocenters. The Kier molecular flexibility index (Phi) is 2.72. The second-order valence-corrected chi connectivity index (χ2v) is 3.61. The Bertz CT molecular complexity index is 487. The van der Waals surface area contributed by atoms with E-state index in [4.69, 9.17) is 0 Å². The van der Waals surface area contributed by atoms with Gasteiger partial charge in [0, 0.05) is 18.1 Å². The highest BCUT2D eigenvalue weighted by Crippen LogP contribution is 2.14. The number of aryl methyl sites for hydroxylation is 2.